The van der Waals surface area contributed by atoms with Gasteiger partial charge in [0.25, 0.3) is 0 Å². The molecule has 0 atom stereocenters. The summed E-state index contributed by atoms with van der Waals surface area (Å²) in [7, 11) is 0. The molecule has 0 saturated carbocycles. The van der Waals surface area contributed by atoms with Crippen molar-refractivity contribution < 1.29 is 0 Å². The van der Waals surface area contributed by atoms with Crippen molar-refractivity contribution in [1.82, 2.24) is 14.6 Å². The second-order valence-corrected chi connectivity index (χ2v) is 4.01. The fourth-order valence-corrected chi connectivity index (χ4v) is 2.42. The third-order valence-electron chi connectivity index (χ3n) is 2.80. The second-order valence-electron chi connectivity index (χ2n) is 3.65. The lowest BCUT2D eigenvalue weighted by molar-refractivity contribution is 0.675. The Morgan fingerprint density at radius 1 is 1.21 bits per heavy atom. The van der Waals surface area contributed by atoms with Crippen molar-refractivity contribution in [2.75, 3.05) is 0 Å². The minimum Gasteiger partial charge on any atom is -0.235 e. The van der Waals surface area contributed by atoms with Crippen LogP contribution in [0.4, 0.5) is 0 Å². The molecule has 0 radical (unpaired) electrons. The van der Waals surface area contributed by atoms with E-state index in [0.29, 0.717) is 5.15 Å². The molecule has 14 heavy (non-hydrogen) atoms. The topological polar surface area (TPSA) is 30.2 Å². The summed E-state index contributed by atoms with van der Waals surface area (Å²) in [5, 5.41) is 4.91. The summed E-state index contributed by atoms with van der Waals surface area (Å²) >= 11 is 6.12. The number of halogens is 1. The zero-order chi connectivity index (χ0) is 9.54. The van der Waals surface area contributed by atoms with Gasteiger partial charge in [-0.15, -0.1) is 0 Å². The monoisotopic (exact) mass is 207 g/mol. The van der Waals surface area contributed by atoms with Gasteiger partial charge in [-0.2, -0.15) is 5.10 Å². The van der Waals surface area contributed by atoms with Gasteiger partial charge in [0.2, 0.25) is 0 Å². The Balaban J connectivity index is 2.39. The Bertz CT molecular complexity index is 489. The zero-order valence-electron chi connectivity index (χ0n) is 7.70. The fraction of sp³-hybridized carbons (Fsp3) is 0.400. The molecule has 0 amide bonds. The van der Waals surface area contributed by atoms with E-state index >= 15 is 0 Å². The number of imidazole rings is 1. The molecule has 0 N–H and O–H groups in total. The summed E-state index contributed by atoms with van der Waals surface area (Å²) in [5.41, 5.74) is 3.47. The van der Waals surface area contributed by atoms with Crippen molar-refractivity contribution in [2.24, 2.45) is 0 Å². The third-order valence-corrected chi connectivity index (χ3v) is 3.11. The van der Waals surface area contributed by atoms with Crippen molar-refractivity contribution in [3.8, 4) is 0 Å². The van der Waals surface area contributed by atoms with E-state index in [1.165, 1.54) is 24.0 Å². The average Bonchev–Trinajstić information content (AvgIpc) is 2.66. The highest BCUT2D eigenvalue weighted by Crippen LogP contribution is 2.28. The maximum atomic E-state index is 6.12. The van der Waals surface area contributed by atoms with Crippen LogP contribution in [0.2, 0.25) is 5.15 Å². The lowest BCUT2D eigenvalue weighted by Crippen LogP contribution is -2.08. The van der Waals surface area contributed by atoms with Crippen molar-refractivity contribution in [3.63, 3.8) is 0 Å². The Labute approximate surface area is 86.7 Å². The van der Waals surface area contributed by atoms with E-state index in [0.717, 1.165) is 18.5 Å². The number of hydrogen-bond donors (Lipinski definition) is 0. The highest BCUT2D eigenvalue weighted by Gasteiger charge is 2.17. The second kappa shape index (κ2) is 2.95. The predicted molar refractivity (Wildman–Crippen MR) is 54.6 cm³/mol. The van der Waals surface area contributed by atoms with E-state index in [2.05, 4.69) is 10.1 Å². The van der Waals surface area contributed by atoms with Gasteiger partial charge in [-0.05, 0) is 31.2 Å². The van der Waals surface area contributed by atoms with Gasteiger partial charge in [-0.1, -0.05) is 11.6 Å². The molecule has 0 unspecified atom stereocenters. The zero-order valence-corrected chi connectivity index (χ0v) is 8.46. The van der Waals surface area contributed by atoms with Crippen molar-refractivity contribution in [3.05, 3.63) is 28.7 Å². The molecule has 2 heterocycles. The maximum absolute atomic E-state index is 6.12. The quantitative estimate of drug-likeness (QED) is 0.664. The van der Waals surface area contributed by atoms with Crippen molar-refractivity contribution in [1.29, 1.82) is 0 Å². The molecule has 3 rings (SSSR count). The predicted octanol–water partition coefficient (Wildman–Crippen LogP) is 2.26. The molecule has 4 heteroatoms. The summed E-state index contributed by atoms with van der Waals surface area (Å²) in [6.45, 7) is 0. The average molecular weight is 208 g/mol. The smallest absolute Gasteiger partial charge is 0.157 e. The first-order valence-corrected chi connectivity index (χ1v) is 5.24. The molecular formula is C10H10ClN3. The Kier molecular flexibility index (Phi) is 1.74. The lowest BCUT2D eigenvalue weighted by Gasteiger charge is -2.16. The normalized spacial score (nSPS) is 15.8. The van der Waals surface area contributed by atoms with Crippen LogP contribution in [-0.2, 0) is 12.8 Å². The van der Waals surface area contributed by atoms with Gasteiger partial charge in [-0.3, -0.25) is 0 Å². The molecule has 0 fully saturated rings. The van der Waals surface area contributed by atoms with Crippen LogP contribution in [0.3, 0.4) is 0 Å². The van der Waals surface area contributed by atoms with E-state index in [-0.39, 0.29) is 0 Å². The number of aromatic nitrogens is 3. The highest BCUT2D eigenvalue weighted by atomic mass is 35.5. The van der Waals surface area contributed by atoms with Crippen molar-refractivity contribution in [2.45, 2.75) is 25.7 Å². The summed E-state index contributed by atoms with van der Waals surface area (Å²) in [6.07, 6.45) is 8.19. The molecule has 0 spiro atoms. The van der Waals surface area contributed by atoms with E-state index in [9.17, 15) is 0 Å². The molecule has 0 bridgehead atoms. The van der Waals surface area contributed by atoms with Crippen LogP contribution in [0.25, 0.3) is 5.65 Å². The van der Waals surface area contributed by atoms with E-state index in [1.807, 2.05) is 6.20 Å². The van der Waals surface area contributed by atoms with Gasteiger partial charge in [0, 0.05) is 18.0 Å². The first kappa shape index (κ1) is 8.24. The maximum Gasteiger partial charge on any atom is 0.157 e. The first-order chi connectivity index (χ1) is 6.86. The van der Waals surface area contributed by atoms with Crippen LogP contribution in [0.15, 0.2) is 12.4 Å². The van der Waals surface area contributed by atoms with Gasteiger partial charge in [0.1, 0.15) is 0 Å². The molecule has 2 aromatic heterocycles. The molecule has 2 aromatic rings. The van der Waals surface area contributed by atoms with E-state index in [4.69, 9.17) is 11.6 Å². The lowest BCUT2D eigenvalue weighted by atomic mass is 9.94. The molecule has 1 aliphatic rings. The van der Waals surface area contributed by atoms with Crippen LogP contribution in [0, 0.1) is 0 Å². The molecule has 3 nitrogen and oxygen atoms in total. The number of nitrogens with zero attached hydrogens (tertiary/aromatic N) is 3. The number of rotatable bonds is 0. The van der Waals surface area contributed by atoms with Crippen molar-refractivity contribution >= 4 is 17.2 Å². The minimum absolute atomic E-state index is 0.644. The molecule has 1 aliphatic carbocycles. The number of fused-ring (bicyclic) bond motifs is 3. The van der Waals surface area contributed by atoms with Crippen LogP contribution < -0.4 is 0 Å². The van der Waals surface area contributed by atoms with E-state index < -0.39 is 0 Å². The van der Waals surface area contributed by atoms with Gasteiger partial charge in [0.15, 0.2) is 10.8 Å². The minimum atomic E-state index is 0.644. The van der Waals surface area contributed by atoms with Crippen LogP contribution in [-0.4, -0.2) is 14.6 Å². The number of hydrogen-bond acceptors (Lipinski definition) is 2. The Hall–Kier alpha value is -1.09. The summed E-state index contributed by atoms with van der Waals surface area (Å²) in [4.78, 5) is 4.31. The summed E-state index contributed by atoms with van der Waals surface area (Å²) in [5.74, 6) is 0. The van der Waals surface area contributed by atoms with Crippen LogP contribution in [0.1, 0.15) is 24.0 Å². The van der Waals surface area contributed by atoms with Gasteiger partial charge < -0.3 is 0 Å². The number of aryl methyl sites for hydroxylation is 1. The molecular weight excluding hydrogens is 198 g/mol. The Morgan fingerprint density at radius 3 is 2.86 bits per heavy atom. The van der Waals surface area contributed by atoms with Crippen LogP contribution >= 0.6 is 11.6 Å². The SMILES string of the molecule is Clc1nn2ccnc2c2c1CCCC2. The molecule has 0 aromatic carbocycles. The first-order valence-electron chi connectivity index (χ1n) is 4.87. The third kappa shape index (κ3) is 1.05. The molecule has 0 saturated heterocycles. The molecule has 72 valence electrons. The fourth-order valence-electron chi connectivity index (χ4n) is 2.13. The summed E-state index contributed by atoms with van der Waals surface area (Å²) < 4.78 is 1.77. The van der Waals surface area contributed by atoms with Gasteiger partial charge >= 0.3 is 0 Å². The summed E-state index contributed by atoms with van der Waals surface area (Å²) in [6, 6.07) is 0. The van der Waals surface area contributed by atoms with Gasteiger partial charge in [0.05, 0.1) is 0 Å². The van der Waals surface area contributed by atoms with E-state index in [1.54, 1.807) is 10.7 Å². The Morgan fingerprint density at radius 2 is 2.00 bits per heavy atom. The van der Waals surface area contributed by atoms with Crippen LogP contribution in [0.5, 0.6) is 0 Å². The highest BCUT2D eigenvalue weighted by molar-refractivity contribution is 6.30. The van der Waals surface area contributed by atoms with Gasteiger partial charge in [-0.25, -0.2) is 9.50 Å². The largest absolute Gasteiger partial charge is 0.235 e. The molecule has 0 aliphatic heterocycles. The standard InChI is InChI=1S/C10H10ClN3/c11-9-7-3-1-2-4-8(7)10-12-5-6-14(10)13-9/h5-6H,1-4H2.